The predicted molar refractivity (Wildman–Crippen MR) is 113 cm³/mol. The zero-order valence-corrected chi connectivity index (χ0v) is 18.7. The Morgan fingerprint density at radius 3 is 2.47 bits per heavy atom. The fourth-order valence-electron chi connectivity index (χ4n) is 2.45. The molecule has 0 saturated heterocycles. The molecule has 32 heavy (non-hydrogen) atoms. The number of hydrogen-bond acceptors (Lipinski definition) is 6. The van der Waals surface area contributed by atoms with E-state index in [-0.39, 0.29) is 41.3 Å². The van der Waals surface area contributed by atoms with Gasteiger partial charge in [-0.2, -0.15) is 13.2 Å². The number of carbonyl (C=O) groups is 2. The maximum Gasteiger partial charge on any atom is 0.422 e. The van der Waals surface area contributed by atoms with Gasteiger partial charge in [0, 0.05) is 18.2 Å². The van der Waals surface area contributed by atoms with Crippen LogP contribution in [0, 0.1) is 5.92 Å². The van der Waals surface area contributed by atoms with Crippen molar-refractivity contribution in [1.82, 2.24) is 15.6 Å². The Labute approximate surface area is 185 Å². The molecule has 2 amide bonds. The molecule has 11 heteroatoms. The van der Waals surface area contributed by atoms with Gasteiger partial charge >= 0.3 is 6.18 Å². The molecule has 1 rings (SSSR count). The summed E-state index contributed by atoms with van der Waals surface area (Å²) >= 11 is 0. The SMILES string of the molecule is CCC(=O)N/C(N)=C/C(=C\C(C)C)C(=O)NC(C)c1cnc(OCC(F)(F)F)c(OC)c1. The number of alkyl halides is 3. The van der Waals surface area contributed by atoms with Crippen molar-refractivity contribution in [3.05, 3.63) is 41.4 Å². The molecule has 1 heterocycles. The Morgan fingerprint density at radius 2 is 1.94 bits per heavy atom. The molecule has 1 atom stereocenters. The molecule has 178 valence electrons. The Balaban J connectivity index is 3.02. The van der Waals surface area contributed by atoms with Gasteiger partial charge in [-0.3, -0.25) is 9.59 Å². The molecule has 8 nitrogen and oxygen atoms in total. The van der Waals surface area contributed by atoms with Crippen LogP contribution in [-0.2, 0) is 9.59 Å². The minimum Gasteiger partial charge on any atom is -0.491 e. The van der Waals surface area contributed by atoms with Crippen LogP contribution in [0.2, 0.25) is 0 Å². The Hall–Kier alpha value is -3.24. The standard InChI is InChI=1S/C21H29F3N4O4/c1-6-18(29)28-17(25)9-14(7-12(2)3)19(30)27-13(4)15-8-16(31-5)20(26-10-15)32-11-21(22,23)24/h7-10,12-13H,6,11,25H2,1-5H3,(H,27,30)(H,28,29)/b14-7+,17-9+. The van der Waals surface area contributed by atoms with Crippen molar-refractivity contribution in [3.63, 3.8) is 0 Å². The first kappa shape index (κ1) is 26.8. The monoisotopic (exact) mass is 458 g/mol. The number of hydrogen-bond donors (Lipinski definition) is 3. The van der Waals surface area contributed by atoms with E-state index in [0.29, 0.717) is 5.56 Å². The van der Waals surface area contributed by atoms with E-state index in [9.17, 15) is 22.8 Å². The van der Waals surface area contributed by atoms with Crippen LogP contribution in [0.25, 0.3) is 0 Å². The smallest absolute Gasteiger partial charge is 0.422 e. The molecule has 4 N–H and O–H groups in total. The van der Waals surface area contributed by atoms with E-state index in [1.54, 1.807) is 19.9 Å². The van der Waals surface area contributed by atoms with Crippen LogP contribution in [0.1, 0.15) is 45.7 Å². The van der Waals surface area contributed by atoms with Crippen molar-refractivity contribution in [1.29, 1.82) is 0 Å². The summed E-state index contributed by atoms with van der Waals surface area (Å²) in [6.45, 7) is 5.58. The van der Waals surface area contributed by atoms with E-state index in [0.717, 1.165) is 0 Å². The van der Waals surface area contributed by atoms with E-state index in [1.165, 1.54) is 25.4 Å². The van der Waals surface area contributed by atoms with Gasteiger partial charge in [0.1, 0.15) is 5.82 Å². The lowest BCUT2D eigenvalue weighted by molar-refractivity contribution is -0.154. The highest BCUT2D eigenvalue weighted by atomic mass is 19.4. The maximum atomic E-state index is 12.8. The molecule has 0 aliphatic carbocycles. The molecule has 0 radical (unpaired) electrons. The summed E-state index contributed by atoms with van der Waals surface area (Å²) in [6.07, 6.45) is 0.0510. The quantitative estimate of drug-likeness (QED) is 0.367. The summed E-state index contributed by atoms with van der Waals surface area (Å²) in [6, 6.07) is 0.859. The Kier molecular flexibility index (Phi) is 10.0. The van der Waals surface area contributed by atoms with Crippen molar-refractivity contribution >= 4 is 11.8 Å². The second-order valence-corrected chi connectivity index (χ2v) is 7.24. The molecule has 0 saturated carbocycles. The molecule has 0 bridgehead atoms. The molecule has 0 aliphatic heterocycles. The van der Waals surface area contributed by atoms with Crippen LogP contribution in [0.15, 0.2) is 35.8 Å². The van der Waals surface area contributed by atoms with Gasteiger partial charge in [-0.15, -0.1) is 0 Å². The van der Waals surface area contributed by atoms with E-state index >= 15 is 0 Å². The summed E-state index contributed by atoms with van der Waals surface area (Å²) in [5, 5.41) is 5.24. The van der Waals surface area contributed by atoms with Crippen LogP contribution in [0.3, 0.4) is 0 Å². The van der Waals surface area contributed by atoms with Crippen molar-refractivity contribution in [2.45, 2.75) is 46.3 Å². The first-order valence-corrected chi connectivity index (χ1v) is 9.89. The molecule has 1 unspecified atom stereocenters. The van der Waals surface area contributed by atoms with Gasteiger partial charge in [0.05, 0.1) is 13.2 Å². The fourth-order valence-corrected chi connectivity index (χ4v) is 2.45. The van der Waals surface area contributed by atoms with Crippen LogP contribution in [0.4, 0.5) is 13.2 Å². The molecule has 1 aromatic heterocycles. The highest BCUT2D eigenvalue weighted by molar-refractivity contribution is 5.96. The van der Waals surface area contributed by atoms with Crippen LogP contribution >= 0.6 is 0 Å². The summed E-state index contributed by atoms with van der Waals surface area (Å²) in [5.41, 5.74) is 6.53. The fraction of sp³-hybridized carbons (Fsp3) is 0.476. The van der Waals surface area contributed by atoms with Crippen LogP contribution < -0.4 is 25.8 Å². The third kappa shape index (κ3) is 9.27. The zero-order valence-electron chi connectivity index (χ0n) is 18.7. The third-order valence-corrected chi connectivity index (χ3v) is 3.97. The molecule has 0 aromatic carbocycles. The number of nitrogens with two attached hydrogens (primary N) is 1. The number of amides is 2. The van der Waals surface area contributed by atoms with Crippen LogP contribution in [0.5, 0.6) is 11.6 Å². The highest BCUT2D eigenvalue weighted by Crippen LogP contribution is 2.29. The van der Waals surface area contributed by atoms with E-state index in [4.69, 9.17) is 10.5 Å². The second-order valence-electron chi connectivity index (χ2n) is 7.24. The first-order valence-electron chi connectivity index (χ1n) is 9.89. The average molecular weight is 458 g/mol. The summed E-state index contributed by atoms with van der Waals surface area (Å²) < 4.78 is 46.9. The van der Waals surface area contributed by atoms with Gasteiger partial charge in [0.2, 0.25) is 5.91 Å². The van der Waals surface area contributed by atoms with Crippen LogP contribution in [-0.4, -0.2) is 36.7 Å². The molecule has 0 fully saturated rings. The summed E-state index contributed by atoms with van der Waals surface area (Å²) in [5.74, 6) is -1.02. The molecular weight excluding hydrogens is 429 g/mol. The predicted octanol–water partition coefficient (Wildman–Crippen LogP) is 3.12. The number of carbonyl (C=O) groups excluding carboxylic acids is 2. The molecule has 0 spiro atoms. The number of nitrogens with one attached hydrogen (secondary N) is 2. The average Bonchev–Trinajstić information content (AvgIpc) is 2.70. The Bertz CT molecular complexity index is 867. The number of allylic oxidation sites excluding steroid dienone is 1. The maximum absolute atomic E-state index is 12.8. The number of aromatic nitrogens is 1. The minimum atomic E-state index is -4.52. The second kappa shape index (κ2) is 12.0. The minimum absolute atomic E-state index is 0.00258. The van der Waals surface area contributed by atoms with Gasteiger partial charge in [0.15, 0.2) is 12.4 Å². The van der Waals surface area contributed by atoms with Gasteiger partial charge in [-0.1, -0.05) is 26.8 Å². The highest BCUT2D eigenvalue weighted by Gasteiger charge is 2.29. The number of nitrogens with zero attached hydrogens (tertiary/aromatic N) is 1. The normalized spacial score (nSPS) is 13.5. The molecule has 0 aliphatic rings. The summed E-state index contributed by atoms with van der Waals surface area (Å²) in [4.78, 5) is 28.2. The number of ether oxygens (including phenoxy) is 2. The topological polar surface area (TPSA) is 116 Å². The lowest BCUT2D eigenvalue weighted by atomic mass is 10.1. The lowest BCUT2D eigenvalue weighted by Gasteiger charge is -2.17. The number of methoxy groups -OCH3 is 1. The number of rotatable bonds is 10. The van der Waals surface area contributed by atoms with Gasteiger partial charge in [0.25, 0.3) is 11.8 Å². The first-order chi connectivity index (χ1) is 14.9. The van der Waals surface area contributed by atoms with E-state index in [1.807, 2.05) is 13.8 Å². The lowest BCUT2D eigenvalue weighted by Crippen LogP contribution is -2.30. The van der Waals surface area contributed by atoms with Crippen molar-refractivity contribution in [3.8, 4) is 11.6 Å². The number of halogens is 3. The van der Waals surface area contributed by atoms with Crippen molar-refractivity contribution in [2.75, 3.05) is 13.7 Å². The van der Waals surface area contributed by atoms with Gasteiger partial charge in [-0.05, 0) is 30.5 Å². The van der Waals surface area contributed by atoms with Gasteiger partial charge in [-0.25, -0.2) is 4.98 Å². The van der Waals surface area contributed by atoms with Crippen molar-refractivity contribution < 1.29 is 32.2 Å². The van der Waals surface area contributed by atoms with E-state index < -0.39 is 24.7 Å². The number of pyridine rings is 1. The van der Waals surface area contributed by atoms with E-state index in [2.05, 4.69) is 20.4 Å². The van der Waals surface area contributed by atoms with Crippen molar-refractivity contribution in [2.24, 2.45) is 11.7 Å². The largest absolute Gasteiger partial charge is 0.491 e. The zero-order chi connectivity index (χ0) is 24.5. The molecular formula is C21H29F3N4O4. The summed E-state index contributed by atoms with van der Waals surface area (Å²) in [7, 11) is 1.27. The Morgan fingerprint density at radius 1 is 1.28 bits per heavy atom. The van der Waals surface area contributed by atoms with Gasteiger partial charge < -0.3 is 25.8 Å². The third-order valence-electron chi connectivity index (χ3n) is 3.97. The molecule has 1 aromatic rings.